The number of unbranched alkanes of at least 4 members (excludes halogenated alkanes) is 1. The lowest BCUT2D eigenvalue weighted by molar-refractivity contribution is 0.0640. The van der Waals surface area contributed by atoms with Crippen LogP contribution in [0.3, 0.4) is 0 Å². The van der Waals surface area contributed by atoms with Crippen molar-refractivity contribution in [3.8, 4) is 5.75 Å². The first-order valence-corrected chi connectivity index (χ1v) is 11.4. The molecular formula is C28H33NO3. The van der Waals surface area contributed by atoms with Crippen molar-refractivity contribution >= 4 is 11.8 Å². The van der Waals surface area contributed by atoms with Crippen LogP contribution in [0.4, 0.5) is 10.5 Å². The van der Waals surface area contributed by atoms with Gasteiger partial charge in [-0.1, -0.05) is 80.9 Å². The first-order valence-electron chi connectivity index (χ1n) is 11.4. The van der Waals surface area contributed by atoms with E-state index < -0.39 is 12.4 Å². The summed E-state index contributed by atoms with van der Waals surface area (Å²) in [5.74, 6) is 0.856. The van der Waals surface area contributed by atoms with Crippen LogP contribution >= 0.6 is 0 Å². The summed E-state index contributed by atoms with van der Waals surface area (Å²) in [6, 6.07) is 28.1. The maximum absolute atomic E-state index is 12.4. The van der Waals surface area contributed by atoms with E-state index >= 15 is 0 Å². The van der Waals surface area contributed by atoms with Gasteiger partial charge in [-0.2, -0.15) is 0 Å². The van der Waals surface area contributed by atoms with E-state index in [0.717, 1.165) is 31.5 Å². The summed E-state index contributed by atoms with van der Waals surface area (Å²) >= 11 is 0. The summed E-state index contributed by atoms with van der Waals surface area (Å²) < 4.78 is 11.0. The van der Waals surface area contributed by atoms with Crippen molar-refractivity contribution < 1.29 is 14.3 Å². The largest absolute Gasteiger partial charge is 0.515 e. The fraction of sp³-hybridized carbons (Fsp3) is 0.321. The van der Waals surface area contributed by atoms with E-state index in [-0.39, 0.29) is 0 Å². The highest BCUT2D eigenvalue weighted by Crippen LogP contribution is 2.24. The first-order chi connectivity index (χ1) is 15.6. The zero-order valence-electron chi connectivity index (χ0n) is 19.2. The molecule has 3 rings (SSSR count). The fourth-order valence-corrected chi connectivity index (χ4v) is 3.74. The van der Waals surface area contributed by atoms with Crippen LogP contribution in [0.5, 0.6) is 5.75 Å². The highest BCUT2D eigenvalue weighted by atomic mass is 16.7. The van der Waals surface area contributed by atoms with E-state index in [1.165, 1.54) is 11.1 Å². The predicted octanol–water partition coefficient (Wildman–Crippen LogP) is 7.20. The molecule has 0 aliphatic rings. The summed E-state index contributed by atoms with van der Waals surface area (Å²) in [5, 5.41) is 0. The van der Waals surface area contributed by atoms with Gasteiger partial charge in [-0.05, 0) is 61.1 Å². The number of benzene rings is 3. The number of hydrogen-bond acceptors (Lipinski definition) is 4. The van der Waals surface area contributed by atoms with Gasteiger partial charge in [-0.15, -0.1) is 0 Å². The third-order valence-corrected chi connectivity index (χ3v) is 5.58. The van der Waals surface area contributed by atoms with Gasteiger partial charge < -0.3 is 14.4 Å². The summed E-state index contributed by atoms with van der Waals surface area (Å²) in [4.78, 5) is 14.5. The van der Waals surface area contributed by atoms with Crippen molar-refractivity contribution in [3.05, 3.63) is 96.1 Å². The van der Waals surface area contributed by atoms with E-state index in [2.05, 4.69) is 43.0 Å². The molecule has 0 aliphatic carbocycles. The second kappa shape index (κ2) is 11.9. The van der Waals surface area contributed by atoms with Gasteiger partial charge in [0.1, 0.15) is 5.75 Å². The Kier molecular flexibility index (Phi) is 8.73. The Morgan fingerprint density at radius 2 is 1.50 bits per heavy atom. The molecule has 0 saturated heterocycles. The quantitative estimate of drug-likeness (QED) is 0.193. The SMILES string of the molecule is CCCCN(c1ccccc1)C(C)OC(=O)Oc1ccc(C(C)Cc2ccccc2)cc1. The molecule has 0 heterocycles. The van der Waals surface area contributed by atoms with Gasteiger partial charge in [0.25, 0.3) is 0 Å². The number of anilines is 1. The Labute approximate surface area is 191 Å². The van der Waals surface area contributed by atoms with Gasteiger partial charge in [0.15, 0.2) is 6.23 Å². The molecule has 0 saturated carbocycles. The topological polar surface area (TPSA) is 38.8 Å². The number of carbonyl (C=O) groups excluding carboxylic acids is 1. The Hall–Kier alpha value is -3.27. The van der Waals surface area contributed by atoms with E-state index in [1.54, 1.807) is 0 Å². The first kappa shape index (κ1) is 23.4. The van der Waals surface area contributed by atoms with Crippen molar-refractivity contribution in [2.75, 3.05) is 11.4 Å². The third-order valence-electron chi connectivity index (χ3n) is 5.58. The number of carbonyl (C=O) groups is 1. The van der Waals surface area contributed by atoms with Gasteiger partial charge in [-0.25, -0.2) is 4.79 Å². The van der Waals surface area contributed by atoms with Crippen LogP contribution in [0.1, 0.15) is 50.7 Å². The maximum Gasteiger partial charge on any atom is 0.515 e. The second-order valence-corrected chi connectivity index (χ2v) is 8.11. The number of para-hydroxylation sites is 1. The molecule has 2 unspecified atom stereocenters. The van der Waals surface area contributed by atoms with Crippen LogP contribution in [-0.2, 0) is 11.2 Å². The number of hydrogen-bond donors (Lipinski definition) is 0. The average molecular weight is 432 g/mol. The number of nitrogens with zero attached hydrogens (tertiary/aromatic N) is 1. The van der Waals surface area contributed by atoms with Crippen LogP contribution in [0.15, 0.2) is 84.9 Å². The lowest BCUT2D eigenvalue weighted by Crippen LogP contribution is -2.38. The van der Waals surface area contributed by atoms with Gasteiger partial charge in [-0.3, -0.25) is 0 Å². The van der Waals surface area contributed by atoms with E-state index in [1.807, 2.05) is 67.6 Å². The standard InChI is InChI=1S/C28H33NO3/c1-4-5-20-29(26-14-10-7-11-15-26)23(3)31-28(30)32-27-18-16-25(17-19-27)22(2)21-24-12-8-6-9-13-24/h6-19,22-23H,4-5,20-21H2,1-3H3. The Balaban J connectivity index is 1.56. The average Bonchev–Trinajstić information content (AvgIpc) is 2.81. The molecule has 32 heavy (non-hydrogen) atoms. The van der Waals surface area contributed by atoms with Crippen LogP contribution in [0.2, 0.25) is 0 Å². The highest BCUT2D eigenvalue weighted by molar-refractivity contribution is 5.64. The minimum Gasteiger partial charge on any atom is -0.410 e. The molecule has 0 N–H and O–H groups in total. The minimum atomic E-state index is -0.694. The Morgan fingerprint density at radius 1 is 0.875 bits per heavy atom. The lowest BCUT2D eigenvalue weighted by atomic mass is 9.94. The van der Waals surface area contributed by atoms with Crippen LogP contribution in [0, 0.1) is 0 Å². The van der Waals surface area contributed by atoms with Crippen LogP contribution in [0.25, 0.3) is 0 Å². The van der Waals surface area contributed by atoms with Gasteiger partial charge in [0.2, 0.25) is 0 Å². The molecule has 0 fully saturated rings. The highest BCUT2D eigenvalue weighted by Gasteiger charge is 2.19. The molecular weight excluding hydrogens is 398 g/mol. The zero-order valence-corrected chi connectivity index (χ0v) is 19.2. The minimum absolute atomic E-state index is 0.372. The van der Waals surface area contributed by atoms with E-state index in [0.29, 0.717) is 11.7 Å². The van der Waals surface area contributed by atoms with Crippen molar-refractivity contribution in [3.63, 3.8) is 0 Å². The van der Waals surface area contributed by atoms with E-state index in [4.69, 9.17) is 9.47 Å². The van der Waals surface area contributed by atoms with Crippen molar-refractivity contribution in [1.82, 2.24) is 0 Å². The summed E-state index contributed by atoms with van der Waals surface area (Å²) in [6.07, 6.45) is 1.92. The molecule has 0 spiro atoms. The maximum atomic E-state index is 12.4. The molecule has 3 aromatic rings. The normalized spacial score (nSPS) is 12.6. The molecule has 4 heteroatoms. The van der Waals surface area contributed by atoms with Gasteiger partial charge in [0.05, 0.1) is 0 Å². The Morgan fingerprint density at radius 3 is 2.12 bits per heavy atom. The molecule has 2 atom stereocenters. The van der Waals surface area contributed by atoms with Crippen LogP contribution < -0.4 is 9.64 Å². The molecule has 0 aromatic heterocycles. The van der Waals surface area contributed by atoms with E-state index in [9.17, 15) is 4.79 Å². The molecule has 0 radical (unpaired) electrons. The molecule has 0 amide bonds. The smallest absolute Gasteiger partial charge is 0.410 e. The fourth-order valence-electron chi connectivity index (χ4n) is 3.74. The molecule has 0 bridgehead atoms. The van der Waals surface area contributed by atoms with Crippen LogP contribution in [-0.4, -0.2) is 18.9 Å². The third kappa shape index (κ3) is 6.88. The zero-order chi connectivity index (χ0) is 22.8. The number of rotatable bonds is 10. The lowest BCUT2D eigenvalue weighted by Gasteiger charge is -2.30. The van der Waals surface area contributed by atoms with Gasteiger partial charge in [0, 0.05) is 12.2 Å². The van der Waals surface area contributed by atoms with Gasteiger partial charge >= 0.3 is 6.16 Å². The summed E-state index contributed by atoms with van der Waals surface area (Å²) in [6.45, 7) is 7.03. The molecule has 3 aromatic carbocycles. The molecule has 4 nitrogen and oxygen atoms in total. The molecule has 0 aliphatic heterocycles. The van der Waals surface area contributed by atoms with Crippen molar-refractivity contribution in [2.24, 2.45) is 0 Å². The molecule has 168 valence electrons. The Bertz CT molecular complexity index is 941. The predicted molar refractivity (Wildman–Crippen MR) is 130 cm³/mol. The number of ether oxygens (including phenoxy) is 2. The summed E-state index contributed by atoms with van der Waals surface area (Å²) in [7, 11) is 0. The van der Waals surface area contributed by atoms with Crippen molar-refractivity contribution in [2.45, 2.75) is 52.2 Å². The van der Waals surface area contributed by atoms with Crippen molar-refractivity contribution in [1.29, 1.82) is 0 Å². The summed E-state index contributed by atoms with van der Waals surface area (Å²) in [5.41, 5.74) is 3.54. The monoisotopic (exact) mass is 431 g/mol. The second-order valence-electron chi connectivity index (χ2n) is 8.11.